The van der Waals surface area contributed by atoms with Crippen LogP contribution in [0.5, 0.6) is 0 Å². The number of rotatable bonds is 4. The highest BCUT2D eigenvalue weighted by Crippen LogP contribution is 2.36. The molecule has 1 N–H and O–H groups in total. The van der Waals surface area contributed by atoms with Gasteiger partial charge in [0.25, 0.3) is 0 Å². The van der Waals surface area contributed by atoms with Gasteiger partial charge in [-0.15, -0.1) is 17.9 Å². The highest BCUT2D eigenvalue weighted by Gasteiger charge is 2.25. The van der Waals surface area contributed by atoms with E-state index in [9.17, 15) is 4.79 Å². The highest BCUT2D eigenvalue weighted by atomic mass is 32.1. The van der Waals surface area contributed by atoms with E-state index >= 15 is 0 Å². The van der Waals surface area contributed by atoms with Crippen LogP contribution in [0.25, 0.3) is 0 Å². The second kappa shape index (κ2) is 11.8. The fraction of sp³-hybridized carbons (Fsp3) is 0.435. The average molecular weight is 372 g/mol. The van der Waals surface area contributed by atoms with Crippen LogP contribution in [0.3, 0.4) is 0 Å². The van der Waals surface area contributed by atoms with Crippen molar-refractivity contribution >= 4 is 17.1 Å². The van der Waals surface area contributed by atoms with Crippen LogP contribution in [-0.4, -0.2) is 18.9 Å². The van der Waals surface area contributed by atoms with Crippen molar-refractivity contribution in [2.24, 2.45) is 0 Å². The first-order valence-electron chi connectivity index (χ1n) is 9.58. The van der Waals surface area contributed by atoms with Gasteiger partial charge in [-0.2, -0.15) is 0 Å². The third kappa shape index (κ3) is 6.22. The summed E-state index contributed by atoms with van der Waals surface area (Å²) in [5.74, 6) is 0.602. The fourth-order valence-electron chi connectivity index (χ4n) is 2.90. The van der Waals surface area contributed by atoms with E-state index in [0.29, 0.717) is 12.3 Å². The number of thiophene rings is 1. The zero-order chi connectivity index (χ0) is 19.5. The van der Waals surface area contributed by atoms with Crippen molar-refractivity contribution in [3.63, 3.8) is 0 Å². The second-order valence-electron chi connectivity index (χ2n) is 6.29. The molecule has 0 fully saturated rings. The van der Waals surface area contributed by atoms with Crippen molar-refractivity contribution in [2.75, 3.05) is 13.1 Å². The van der Waals surface area contributed by atoms with E-state index in [4.69, 9.17) is 0 Å². The predicted molar refractivity (Wildman–Crippen MR) is 116 cm³/mol. The fourth-order valence-corrected chi connectivity index (χ4v) is 3.84. The van der Waals surface area contributed by atoms with Gasteiger partial charge < -0.3 is 5.32 Å². The van der Waals surface area contributed by atoms with E-state index in [-0.39, 0.29) is 5.78 Å². The third-order valence-corrected chi connectivity index (χ3v) is 5.24. The molecule has 0 radical (unpaired) electrons. The van der Waals surface area contributed by atoms with Crippen LogP contribution in [0.2, 0.25) is 0 Å². The van der Waals surface area contributed by atoms with Gasteiger partial charge in [-0.25, -0.2) is 0 Å². The number of hydrogen-bond donors (Lipinski definition) is 1. The van der Waals surface area contributed by atoms with Gasteiger partial charge in [0.1, 0.15) is 0 Å². The number of hydrogen-bond acceptors (Lipinski definition) is 3. The van der Waals surface area contributed by atoms with Gasteiger partial charge in [0, 0.05) is 12.3 Å². The van der Waals surface area contributed by atoms with Crippen molar-refractivity contribution in [1.29, 1.82) is 0 Å². The lowest BCUT2D eigenvalue weighted by molar-refractivity contribution is 0.0997. The first-order chi connectivity index (χ1) is 12.5. The maximum atomic E-state index is 12.1. The first kappa shape index (κ1) is 22.3. The van der Waals surface area contributed by atoms with Gasteiger partial charge in [-0.05, 0) is 54.6 Å². The molecule has 3 rings (SSSR count). The Morgan fingerprint density at radius 1 is 1.23 bits per heavy atom. The highest BCUT2D eigenvalue weighted by molar-refractivity contribution is 7.12. The summed E-state index contributed by atoms with van der Waals surface area (Å²) < 4.78 is 0. The van der Waals surface area contributed by atoms with E-state index in [2.05, 4.69) is 56.9 Å². The van der Waals surface area contributed by atoms with E-state index in [0.717, 1.165) is 24.4 Å². The number of Topliss-reactive ketones (excluding diaryl/α,β-unsaturated/α-hetero) is 1. The van der Waals surface area contributed by atoms with Crippen LogP contribution >= 0.6 is 11.3 Å². The van der Waals surface area contributed by atoms with Crippen molar-refractivity contribution in [2.45, 2.75) is 53.4 Å². The molecular weight excluding hydrogens is 338 g/mol. The minimum absolute atomic E-state index is 0.266. The molecule has 1 aliphatic rings. The topological polar surface area (TPSA) is 29.1 Å². The number of carbonyl (C=O) groups is 1. The molecule has 0 spiro atoms. The van der Waals surface area contributed by atoms with Crippen molar-refractivity contribution in [3.05, 3.63) is 69.4 Å². The maximum Gasteiger partial charge on any atom is 0.177 e. The summed E-state index contributed by atoms with van der Waals surface area (Å²) in [6.07, 6.45) is 1.65. The number of carbonyl (C=O) groups excluding carboxylic acids is 1. The van der Waals surface area contributed by atoms with E-state index in [1.807, 2.05) is 25.3 Å². The Morgan fingerprint density at radius 2 is 1.92 bits per heavy atom. The minimum atomic E-state index is 0.266. The van der Waals surface area contributed by atoms with Gasteiger partial charge in [0.2, 0.25) is 0 Å². The van der Waals surface area contributed by atoms with Gasteiger partial charge in [0.05, 0.1) is 4.88 Å². The molecule has 2 nitrogen and oxygen atoms in total. The molecule has 1 heterocycles. The first-order valence-corrected chi connectivity index (χ1v) is 10.5. The van der Waals surface area contributed by atoms with Crippen LogP contribution in [0.1, 0.15) is 73.3 Å². The molecule has 2 aromatic rings. The normalized spacial score (nSPS) is 14.7. The zero-order valence-electron chi connectivity index (χ0n) is 16.9. The molecular formula is C23H33NOS. The van der Waals surface area contributed by atoms with Gasteiger partial charge in [0.15, 0.2) is 5.78 Å². The molecule has 26 heavy (non-hydrogen) atoms. The summed E-state index contributed by atoms with van der Waals surface area (Å²) in [6.45, 7) is 16.3. The molecule has 1 aliphatic carbocycles. The molecule has 0 saturated carbocycles. The molecule has 1 aromatic heterocycles. The Bertz CT molecular complexity index is 702. The zero-order valence-corrected chi connectivity index (χ0v) is 17.7. The monoisotopic (exact) mass is 371 g/mol. The number of nitrogens with one attached hydrogen (secondary N) is 1. The van der Waals surface area contributed by atoms with Crippen LogP contribution in [0.15, 0.2) is 47.9 Å². The van der Waals surface area contributed by atoms with Gasteiger partial charge in [-0.1, -0.05) is 57.5 Å². The Hall–Kier alpha value is -1.71. The average Bonchev–Trinajstić information content (AvgIpc) is 3.10. The molecule has 0 aliphatic heterocycles. The molecule has 142 valence electrons. The van der Waals surface area contributed by atoms with Crippen molar-refractivity contribution in [3.8, 4) is 0 Å². The largest absolute Gasteiger partial charge is 0.317 e. The molecule has 1 aromatic carbocycles. The summed E-state index contributed by atoms with van der Waals surface area (Å²) in [6, 6.07) is 10.4. The van der Waals surface area contributed by atoms with E-state index in [1.54, 1.807) is 11.3 Å². The van der Waals surface area contributed by atoms with Crippen LogP contribution < -0.4 is 5.32 Å². The Morgan fingerprint density at radius 3 is 2.58 bits per heavy atom. The lowest BCUT2D eigenvalue weighted by Gasteiger charge is -2.12. The quantitative estimate of drug-likeness (QED) is 0.510. The number of ketones is 1. The lowest BCUT2D eigenvalue weighted by Crippen LogP contribution is -2.13. The molecule has 0 saturated heterocycles. The van der Waals surface area contributed by atoms with E-state index < -0.39 is 0 Å². The Kier molecular flexibility index (Phi) is 10.2. The third-order valence-electron chi connectivity index (χ3n) is 4.27. The Labute approximate surface area is 163 Å². The molecule has 1 atom stereocenters. The number of benzene rings is 1. The summed E-state index contributed by atoms with van der Waals surface area (Å²) in [7, 11) is 0. The SMILES string of the molecule is C=C(C)CCNCC.CC.CC1c2ccccc2CC(=O)c2sccc21. The molecule has 0 amide bonds. The van der Waals surface area contributed by atoms with Gasteiger partial charge >= 0.3 is 0 Å². The van der Waals surface area contributed by atoms with Crippen LogP contribution in [0.4, 0.5) is 0 Å². The molecule has 3 heteroatoms. The standard InChI is InChI=1S/C14H12OS.C7H15N.C2H6/c1-9-11-5-3-2-4-10(11)8-13(15)14-12(9)6-7-16-14;1-4-8-6-5-7(2)3;1-2/h2-7,9H,8H2,1H3;8H,2,4-6H2,1,3H3;1-2H3. The van der Waals surface area contributed by atoms with Gasteiger partial charge in [-0.3, -0.25) is 4.79 Å². The van der Waals surface area contributed by atoms with Crippen LogP contribution in [-0.2, 0) is 6.42 Å². The van der Waals surface area contributed by atoms with Crippen molar-refractivity contribution < 1.29 is 4.79 Å². The lowest BCUT2D eigenvalue weighted by atomic mass is 9.92. The summed E-state index contributed by atoms with van der Waals surface area (Å²) in [4.78, 5) is 13.0. The minimum Gasteiger partial charge on any atom is -0.317 e. The summed E-state index contributed by atoms with van der Waals surface area (Å²) in [5.41, 5.74) is 4.93. The van der Waals surface area contributed by atoms with Crippen molar-refractivity contribution in [1.82, 2.24) is 5.32 Å². The predicted octanol–water partition coefficient (Wildman–Crippen LogP) is 6.23. The summed E-state index contributed by atoms with van der Waals surface area (Å²) >= 11 is 1.57. The maximum absolute atomic E-state index is 12.1. The van der Waals surface area contributed by atoms with Crippen LogP contribution in [0, 0.1) is 0 Å². The Balaban J connectivity index is 0.000000290. The number of fused-ring (bicyclic) bond motifs is 2. The molecule has 1 unspecified atom stereocenters. The smallest absolute Gasteiger partial charge is 0.177 e. The molecule has 0 bridgehead atoms. The second-order valence-corrected chi connectivity index (χ2v) is 7.20. The van der Waals surface area contributed by atoms with E-state index in [1.165, 1.54) is 22.3 Å². The summed E-state index contributed by atoms with van der Waals surface area (Å²) in [5, 5.41) is 5.24.